The molecule has 37 heteroatoms. The van der Waals surface area contributed by atoms with Gasteiger partial charge in [-0.1, -0.05) is 50.2 Å². The van der Waals surface area contributed by atoms with Crippen molar-refractivity contribution in [3.63, 3.8) is 0 Å². The Morgan fingerprint density at radius 2 is 1.13 bits per heavy atom. The first kappa shape index (κ1) is 75.0. The number of nitrogens with zero attached hydrogens (tertiary/aromatic N) is 8. The van der Waals surface area contributed by atoms with Crippen LogP contribution in [0.5, 0.6) is 17.2 Å². The lowest BCUT2D eigenvalue weighted by Crippen LogP contribution is -2.46. The van der Waals surface area contributed by atoms with Gasteiger partial charge >= 0.3 is 27.4 Å². The minimum atomic E-state index is -4.91. The van der Waals surface area contributed by atoms with Crippen molar-refractivity contribution in [3.8, 4) is 29.4 Å². The standard InChI is InChI=1S/C28H35N6O9P.C18H17F5NO5P.C15H17N5O4/c1-16(2)26(37)32-25-21-12-11-20(34(21)31-15-30-25)23-22(35)24(36)28(13-29,42-23)14-40-44(39,43-19-9-7-6-8-10-19)33-18(5)27(38)41-17(3)4;1-9(2)27-18(25)10(3)24-30(26,28-11-7-5-4-6-8-11)29-17-15(22)13(20)12(19)14(21)16(17)23;1-14(2)22-11-10(23-15(5-16,6-21)12(11)24-14)8-3-4-9-13(17)18-7-19-20(8)9/h6-12,15-18,22-24,35-36H,14H2,1-5H3,(H,33,39)(H,30,31,32,37);4-10H,1-3H3,(H,24,26);3-4,7,10-12,21H,6H2,1-2H3,(H2,17,18,19)/t18-,22-,23-,24-,28+,44?;10-,30-;10-,11-,12-,15+/m000/s1. The number of fused-ring (bicyclic) bond motifs is 3. The second-order valence-electron chi connectivity index (χ2n) is 23.4. The zero-order valence-electron chi connectivity index (χ0n) is 53.9. The molecule has 3 aromatic carbocycles. The highest BCUT2D eigenvalue weighted by molar-refractivity contribution is 7.52. The van der Waals surface area contributed by atoms with Crippen molar-refractivity contribution in [2.75, 3.05) is 24.3 Å². The van der Waals surface area contributed by atoms with Crippen LogP contribution >= 0.6 is 15.5 Å². The van der Waals surface area contributed by atoms with E-state index in [2.05, 4.69) is 40.2 Å². The normalized spacial score (nSPS) is 23.4. The number of ether oxygens (including phenoxy) is 6. The van der Waals surface area contributed by atoms with Gasteiger partial charge < -0.3 is 68.4 Å². The number of nitrogens with one attached hydrogen (secondary N) is 3. The third kappa shape index (κ3) is 16.5. The van der Waals surface area contributed by atoms with Crippen molar-refractivity contribution in [1.82, 2.24) is 39.4 Å². The minimum absolute atomic E-state index is 0.129. The van der Waals surface area contributed by atoms with Gasteiger partial charge in [-0.25, -0.2) is 41.3 Å². The van der Waals surface area contributed by atoms with Gasteiger partial charge in [0.1, 0.15) is 103 Å². The molecule has 10 rings (SSSR count). The van der Waals surface area contributed by atoms with Crippen LogP contribution in [-0.4, -0.2) is 141 Å². The van der Waals surface area contributed by atoms with Gasteiger partial charge in [-0.3, -0.25) is 18.9 Å². The number of rotatable bonds is 22. The van der Waals surface area contributed by atoms with E-state index in [1.807, 2.05) is 12.1 Å². The van der Waals surface area contributed by atoms with Crippen molar-refractivity contribution in [1.29, 1.82) is 10.5 Å². The lowest BCUT2D eigenvalue weighted by molar-refractivity contribution is -0.205. The molecule has 7 aromatic rings. The van der Waals surface area contributed by atoms with Crippen LogP contribution in [0, 0.1) is 57.7 Å². The smallest absolute Gasteiger partial charge is 0.462 e. The molecular formula is C61H69F5N12O18P2. The number of anilines is 2. The average Bonchev–Trinajstić information content (AvgIpc) is 1.57. The Morgan fingerprint density at radius 3 is 1.65 bits per heavy atom. The molecule has 3 fully saturated rings. The molecule has 3 saturated heterocycles. The number of nitriles is 2. The number of aromatic nitrogens is 6. The Labute approximate surface area is 556 Å². The maximum Gasteiger partial charge on any atom is 0.513 e. The second kappa shape index (κ2) is 30.5. The summed E-state index contributed by atoms with van der Waals surface area (Å²) in [6, 6.07) is 23.0. The Morgan fingerprint density at radius 1 is 0.653 bits per heavy atom. The van der Waals surface area contributed by atoms with Crippen LogP contribution in [0.2, 0.25) is 0 Å². The van der Waals surface area contributed by atoms with Crippen molar-refractivity contribution in [3.05, 3.63) is 138 Å². The molecule has 7 heterocycles. The van der Waals surface area contributed by atoms with Gasteiger partial charge in [0.2, 0.25) is 51.9 Å². The van der Waals surface area contributed by atoms with Crippen molar-refractivity contribution in [2.45, 2.75) is 147 Å². The number of hydrogen-bond donors (Lipinski definition) is 7. The van der Waals surface area contributed by atoms with E-state index in [1.165, 1.54) is 87.3 Å². The van der Waals surface area contributed by atoms with Crippen LogP contribution in [-0.2, 0) is 56.5 Å². The Balaban J connectivity index is 0.000000197. The molecule has 0 saturated carbocycles. The van der Waals surface area contributed by atoms with Crippen LogP contribution in [0.1, 0.15) is 92.8 Å². The van der Waals surface area contributed by atoms with Crippen molar-refractivity contribution >= 4 is 56.0 Å². The van der Waals surface area contributed by atoms with Crippen LogP contribution < -0.4 is 34.8 Å². The molecule has 0 aliphatic carbocycles. The molecule has 3 aliphatic heterocycles. The van der Waals surface area contributed by atoms with Gasteiger partial charge in [-0.05, 0) is 104 Å². The molecule has 4 aromatic heterocycles. The number of hydrogen-bond acceptors (Lipinski definition) is 25. The highest BCUT2D eigenvalue weighted by Crippen LogP contribution is 2.52. The largest absolute Gasteiger partial charge is 0.513 e. The predicted octanol–water partition coefficient (Wildman–Crippen LogP) is 7.55. The molecule has 0 radical (unpaired) electrons. The number of aliphatic hydroxyl groups excluding tert-OH is 3. The van der Waals surface area contributed by atoms with Gasteiger partial charge in [-0.2, -0.15) is 39.7 Å². The first-order chi connectivity index (χ1) is 46.1. The summed E-state index contributed by atoms with van der Waals surface area (Å²) in [7, 11) is -9.35. The number of amides is 1. The van der Waals surface area contributed by atoms with Gasteiger partial charge in [0.05, 0.1) is 30.2 Å². The quantitative estimate of drug-likeness (QED) is 0.0113. The third-order valence-corrected chi connectivity index (χ3v) is 17.7. The fourth-order valence-electron chi connectivity index (χ4n) is 9.83. The topological polar surface area (TPSA) is 408 Å². The van der Waals surface area contributed by atoms with E-state index in [9.17, 15) is 71.3 Å². The number of nitrogens with two attached hydrogens (primary N) is 1. The summed E-state index contributed by atoms with van der Waals surface area (Å²) in [5.74, 6) is -16.2. The van der Waals surface area contributed by atoms with E-state index in [1.54, 1.807) is 88.5 Å². The molecule has 8 N–H and O–H groups in total. The highest BCUT2D eigenvalue weighted by atomic mass is 31.2. The zero-order chi connectivity index (χ0) is 72.0. The van der Waals surface area contributed by atoms with Gasteiger partial charge in [0.15, 0.2) is 17.4 Å². The number of nitrogen functional groups attached to an aromatic ring is 1. The average molecular weight is 1420 g/mol. The maximum atomic E-state index is 14.0. The molecule has 0 bridgehead atoms. The highest BCUT2D eigenvalue weighted by Gasteiger charge is 2.64. The van der Waals surface area contributed by atoms with Crippen molar-refractivity contribution < 1.29 is 107 Å². The fraction of sp³-hybridized carbons (Fsp3) is 0.426. The number of benzene rings is 3. The number of para-hydroxylation sites is 2. The SMILES string of the molecule is CC(C)OC(=O)[C@H](C)NP(=O)(OC[C@@]1(C#N)O[C@@H](c2ccc3c(NC(=O)C(C)C)ncnn23)[C@H](O)[C@@H]1O)Oc1ccccc1.CC(C)OC(=O)[C@H](C)N[P@](=O)(Oc1ccccc1)Oc1c(F)c(F)c(F)c(F)c1F.CC1(C)O[C@H]2[C@H](c3ccc4c(N)ncnn34)O[C@](C#N)(CO)[C@H]2O1. The number of carbonyl (C=O) groups excluding carboxylic acids is 3. The Kier molecular flexibility index (Phi) is 23.4. The monoisotopic (exact) mass is 1410 g/mol. The van der Waals surface area contributed by atoms with Gasteiger partial charge in [0.25, 0.3) is 0 Å². The second-order valence-corrected chi connectivity index (χ2v) is 26.8. The molecule has 98 heavy (non-hydrogen) atoms. The summed E-state index contributed by atoms with van der Waals surface area (Å²) in [4.78, 5) is 44.8. The van der Waals surface area contributed by atoms with Gasteiger partial charge in [0, 0.05) is 5.92 Å². The number of halogens is 5. The van der Waals surface area contributed by atoms with Gasteiger partial charge in [-0.15, -0.1) is 0 Å². The third-order valence-electron chi connectivity index (χ3n) is 14.5. The summed E-state index contributed by atoms with van der Waals surface area (Å²) in [5.41, 5.74) is 4.03. The Bertz CT molecular complexity index is 4200. The predicted molar refractivity (Wildman–Crippen MR) is 331 cm³/mol. The van der Waals surface area contributed by atoms with E-state index >= 15 is 0 Å². The molecular weight excluding hydrogens is 1350 g/mol. The van der Waals surface area contributed by atoms with Crippen LogP contribution in [0.3, 0.4) is 0 Å². The maximum absolute atomic E-state index is 14.0. The molecule has 0 spiro atoms. The summed E-state index contributed by atoms with van der Waals surface area (Å²) >= 11 is 0. The van der Waals surface area contributed by atoms with E-state index < -0.39 is 153 Å². The number of aliphatic hydroxyl groups is 3. The lowest BCUT2D eigenvalue weighted by Gasteiger charge is -2.28. The van der Waals surface area contributed by atoms with Crippen molar-refractivity contribution in [2.24, 2.45) is 5.92 Å². The first-order valence-electron chi connectivity index (χ1n) is 29.9. The lowest BCUT2D eigenvalue weighted by atomic mass is 9.96. The fourth-order valence-corrected chi connectivity index (χ4v) is 12.9. The summed E-state index contributed by atoms with van der Waals surface area (Å²) in [6.45, 7) is 14.6. The van der Waals surface area contributed by atoms with E-state index in [-0.39, 0.29) is 34.8 Å². The molecule has 1 unspecified atom stereocenters. The van der Waals surface area contributed by atoms with Crippen LogP contribution in [0.4, 0.5) is 33.6 Å². The van der Waals surface area contributed by atoms with E-state index in [4.69, 9.17) is 47.7 Å². The van der Waals surface area contributed by atoms with E-state index in [0.29, 0.717) is 22.5 Å². The molecule has 526 valence electrons. The number of carbonyl (C=O) groups is 3. The first-order valence-corrected chi connectivity index (χ1v) is 33.0. The number of esters is 2. The summed E-state index contributed by atoms with van der Waals surface area (Å²) in [6.07, 6.45) is -5.15. The summed E-state index contributed by atoms with van der Waals surface area (Å²) < 4.78 is 153. The Hall–Kier alpha value is -8.80. The summed E-state index contributed by atoms with van der Waals surface area (Å²) in [5, 5.41) is 67.2. The van der Waals surface area contributed by atoms with E-state index in [0.717, 1.165) is 0 Å². The zero-order valence-corrected chi connectivity index (χ0v) is 55.7. The molecule has 3 aliphatic rings. The van der Waals surface area contributed by atoms with Crippen LogP contribution in [0.15, 0.2) is 97.6 Å². The molecule has 1 amide bonds. The van der Waals surface area contributed by atoms with Crippen LogP contribution in [0.25, 0.3) is 11.0 Å². The molecule has 12 atom stereocenters. The minimum Gasteiger partial charge on any atom is -0.462 e. The molecule has 30 nitrogen and oxygen atoms in total.